The molecule has 18 heteroatoms. The van der Waals surface area contributed by atoms with Crippen LogP contribution in [-0.4, -0.2) is 59.7 Å². The highest BCUT2D eigenvalue weighted by Gasteiger charge is 2.33. The summed E-state index contributed by atoms with van der Waals surface area (Å²) in [5.74, 6) is -3.29. The Hall–Kier alpha value is -6.23. The van der Waals surface area contributed by atoms with Gasteiger partial charge in [0.1, 0.15) is 19.0 Å². The van der Waals surface area contributed by atoms with Crippen molar-refractivity contribution in [2.75, 3.05) is 36.5 Å². The number of halogens is 6. The van der Waals surface area contributed by atoms with Crippen LogP contribution >= 0.6 is 11.6 Å². The van der Waals surface area contributed by atoms with E-state index in [0.717, 1.165) is 30.3 Å². The summed E-state index contributed by atoms with van der Waals surface area (Å²) in [5.41, 5.74) is 7.48. The Morgan fingerprint density at radius 2 is 1.54 bits per heavy atom. The van der Waals surface area contributed by atoms with Crippen LogP contribution in [0.4, 0.5) is 38.1 Å². The molecule has 0 spiro atoms. The molecule has 5 rings (SSSR count). The van der Waals surface area contributed by atoms with Gasteiger partial charge in [0.2, 0.25) is 5.91 Å². The number of primary amides is 1. The van der Waals surface area contributed by atoms with Crippen molar-refractivity contribution in [2.24, 2.45) is 5.73 Å². The number of esters is 2. The Labute approximate surface area is 327 Å². The smallest absolute Gasteiger partial charge is 0.417 e. The Morgan fingerprint density at radius 1 is 0.877 bits per heavy atom. The number of aromatic nitrogens is 2. The van der Waals surface area contributed by atoms with E-state index < -0.39 is 58.3 Å². The zero-order valence-electron chi connectivity index (χ0n) is 30.5. The third-order valence-corrected chi connectivity index (χ3v) is 8.88. The van der Waals surface area contributed by atoms with Gasteiger partial charge in [-0.3, -0.25) is 14.4 Å². The average molecular weight is 815 g/mol. The number of benzene rings is 4. The van der Waals surface area contributed by atoms with E-state index in [1.54, 1.807) is 47.0 Å². The van der Waals surface area contributed by atoms with E-state index in [1.165, 1.54) is 19.9 Å². The molecule has 1 heterocycles. The molecule has 0 saturated carbocycles. The maximum atomic E-state index is 14.3. The number of hydrogen-bond acceptors (Lipinski definition) is 8. The molecule has 4 aromatic carbocycles. The fourth-order valence-corrected chi connectivity index (χ4v) is 6.24. The number of rotatable bonds is 15. The lowest BCUT2D eigenvalue weighted by molar-refractivity contribution is -0.141. The molecule has 300 valence electrons. The number of fused-ring (bicyclic) bond motifs is 1. The molecule has 0 saturated heterocycles. The highest BCUT2D eigenvalue weighted by atomic mass is 35.5. The molecule has 0 aliphatic heterocycles. The van der Waals surface area contributed by atoms with Crippen LogP contribution in [0.15, 0.2) is 78.9 Å². The van der Waals surface area contributed by atoms with E-state index in [4.69, 9.17) is 31.8 Å². The highest BCUT2D eigenvalue weighted by Crippen LogP contribution is 2.36. The summed E-state index contributed by atoms with van der Waals surface area (Å²) in [5, 5.41) is 4.40. The van der Waals surface area contributed by atoms with Crippen molar-refractivity contribution < 1.29 is 50.6 Å². The Bertz CT molecular complexity index is 2260. The zero-order chi connectivity index (χ0) is 41.4. The first-order chi connectivity index (χ1) is 27.0. The quantitative estimate of drug-likeness (QED) is 0.0731. The molecule has 3 amide bonds. The van der Waals surface area contributed by atoms with Gasteiger partial charge < -0.3 is 35.3 Å². The molecule has 0 fully saturated rings. The monoisotopic (exact) mass is 814 g/mol. The number of nitrogens with one attached hydrogen (secondary N) is 2. The van der Waals surface area contributed by atoms with Crippen molar-refractivity contribution >= 4 is 57.9 Å². The fourth-order valence-electron chi connectivity index (χ4n) is 5.96. The zero-order valence-corrected chi connectivity index (χ0v) is 31.2. The summed E-state index contributed by atoms with van der Waals surface area (Å²) in [6.45, 7) is 3.41. The van der Waals surface area contributed by atoms with Crippen molar-refractivity contribution in [1.29, 1.82) is 0 Å². The predicted octanol–water partition coefficient (Wildman–Crippen LogP) is 7.37. The molecular formula is C39H36ClF5N6O6. The third kappa shape index (κ3) is 11.2. The molecule has 57 heavy (non-hydrogen) atoms. The van der Waals surface area contributed by atoms with E-state index in [9.17, 15) is 41.1 Å². The lowest BCUT2D eigenvalue weighted by Crippen LogP contribution is -2.35. The summed E-state index contributed by atoms with van der Waals surface area (Å²) in [4.78, 5) is 54.6. The van der Waals surface area contributed by atoms with Crippen molar-refractivity contribution in [3.8, 4) is 11.4 Å². The topological polar surface area (TPSA) is 158 Å². The molecule has 1 aromatic heterocycles. The average Bonchev–Trinajstić information content (AvgIpc) is 3.48. The summed E-state index contributed by atoms with van der Waals surface area (Å²) in [6, 6.07) is 16.4. The number of nitrogens with zero attached hydrogens (tertiary/aromatic N) is 3. The van der Waals surface area contributed by atoms with E-state index in [0.29, 0.717) is 52.3 Å². The lowest BCUT2D eigenvalue weighted by atomic mass is 10.0. The summed E-state index contributed by atoms with van der Waals surface area (Å²) in [7, 11) is 0. The molecule has 1 unspecified atom stereocenters. The van der Waals surface area contributed by atoms with Crippen molar-refractivity contribution in [2.45, 2.75) is 39.0 Å². The van der Waals surface area contributed by atoms with E-state index in [1.807, 2.05) is 4.90 Å². The maximum Gasteiger partial charge on any atom is 0.417 e. The Morgan fingerprint density at radius 3 is 2.12 bits per heavy atom. The standard InChI is InChI=1S/C39H36ClF5N6O6/c1-22(52)56-15-13-50(14-16-57-23(2)53)28-8-4-25(5-9-28)37-48-34-18-26(6-12-35(34)51(37)21-24-3-11-31(41)32(42)17-24)33(20-36(46)54)49-38(55)47-27-7-10-29(30(40)19-27)39(43,44)45/h3-12,17-19,33H,13-16,20-21H2,1-2H3,(H2,46,54)(H2,47,49,55). The number of nitrogens with two attached hydrogens (primary N) is 1. The van der Waals surface area contributed by atoms with E-state index in [2.05, 4.69) is 10.6 Å². The molecule has 0 aliphatic carbocycles. The van der Waals surface area contributed by atoms with Gasteiger partial charge in [-0.05, 0) is 77.9 Å². The lowest BCUT2D eigenvalue weighted by Gasteiger charge is -2.24. The van der Waals surface area contributed by atoms with Gasteiger partial charge >= 0.3 is 24.1 Å². The number of ether oxygens (including phenoxy) is 2. The van der Waals surface area contributed by atoms with Crippen LogP contribution in [0.5, 0.6) is 0 Å². The van der Waals surface area contributed by atoms with Crippen molar-refractivity contribution in [1.82, 2.24) is 14.9 Å². The Balaban J connectivity index is 1.48. The van der Waals surface area contributed by atoms with Crippen molar-refractivity contribution in [3.63, 3.8) is 0 Å². The molecule has 0 bridgehead atoms. The van der Waals surface area contributed by atoms with Crippen LogP contribution in [0, 0.1) is 11.6 Å². The number of hydrogen-bond donors (Lipinski definition) is 3. The minimum absolute atomic E-state index is 0.0395. The van der Waals surface area contributed by atoms with Gasteiger partial charge in [0, 0.05) is 37.3 Å². The maximum absolute atomic E-state index is 14.3. The SMILES string of the molecule is CC(=O)OCCN(CCOC(C)=O)c1ccc(-c2nc3cc(C(CC(N)=O)NC(=O)Nc4ccc(C(F)(F)F)c(Cl)c4)ccc3n2Cc2ccc(F)c(F)c2)cc1. The van der Waals surface area contributed by atoms with Gasteiger partial charge in [-0.1, -0.05) is 23.7 Å². The second kappa shape index (κ2) is 18.1. The number of alkyl halides is 3. The van der Waals surface area contributed by atoms with Crippen LogP contribution in [0.1, 0.15) is 43.0 Å². The van der Waals surface area contributed by atoms with Crippen LogP contribution in [0.3, 0.4) is 0 Å². The molecule has 0 aliphatic rings. The Kier molecular flexibility index (Phi) is 13.3. The number of imidazole rings is 1. The van der Waals surface area contributed by atoms with Gasteiger partial charge in [0.05, 0.1) is 47.2 Å². The molecule has 0 radical (unpaired) electrons. The second-order valence-corrected chi connectivity index (χ2v) is 13.2. The molecule has 5 aromatic rings. The van der Waals surface area contributed by atoms with Gasteiger partial charge in [0.25, 0.3) is 0 Å². The number of carbonyl (C=O) groups excluding carboxylic acids is 4. The summed E-state index contributed by atoms with van der Waals surface area (Å²) >= 11 is 5.80. The largest absolute Gasteiger partial charge is 0.464 e. The first-order valence-electron chi connectivity index (χ1n) is 17.3. The van der Waals surface area contributed by atoms with Gasteiger partial charge in [0.15, 0.2) is 11.6 Å². The number of carbonyl (C=O) groups is 4. The van der Waals surface area contributed by atoms with Gasteiger partial charge in [-0.25, -0.2) is 18.6 Å². The van der Waals surface area contributed by atoms with Crippen LogP contribution < -0.4 is 21.3 Å². The van der Waals surface area contributed by atoms with Crippen molar-refractivity contribution in [3.05, 3.63) is 112 Å². The van der Waals surface area contributed by atoms with Crippen LogP contribution in [0.25, 0.3) is 22.4 Å². The molecule has 1 atom stereocenters. The predicted molar refractivity (Wildman–Crippen MR) is 201 cm³/mol. The first-order valence-corrected chi connectivity index (χ1v) is 17.6. The second-order valence-electron chi connectivity index (χ2n) is 12.7. The number of urea groups is 1. The molecule has 4 N–H and O–H groups in total. The third-order valence-electron chi connectivity index (χ3n) is 8.57. The van der Waals surface area contributed by atoms with Crippen LogP contribution in [0.2, 0.25) is 5.02 Å². The highest BCUT2D eigenvalue weighted by molar-refractivity contribution is 6.31. The minimum atomic E-state index is -4.70. The van der Waals surface area contributed by atoms with Crippen LogP contribution in [-0.2, 0) is 36.6 Å². The van der Waals surface area contributed by atoms with E-state index >= 15 is 0 Å². The van der Waals surface area contributed by atoms with Gasteiger partial charge in [-0.15, -0.1) is 0 Å². The molecular weight excluding hydrogens is 779 g/mol. The fraction of sp³-hybridized carbons (Fsp3) is 0.256. The normalized spacial score (nSPS) is 11.9. The first kappa shape index (κ1) is 41.9. The number of amides is 3. The number of anilines is 2. The summed E-state index contributed by atoms with van der Waals surface area (Å²) < 4.78 is 79.7. The minimum Gasteiger partial charge on any atom is -0.464 e. The van der Waals surface area contributed by atoms with E-state index in [-0.39, 0.29) is 31.9 Å². The summed E-state index contributed by atoms with van der Waals surface area (Å²) in [6.07, 6.45) is -5.06. The molecule has 12 nitrogen and oxygen atoms in total. The van der Waals surface area contributed by atoms with Gasteiger partial charge in [-0.2, -0.15) is 13.2 Å².